The maximum Gasteiger partial charge on any atom is 0.387 e. The van der Waals surface area contributed by atoms with Crippen molar-refractivity contribution in [1.29, 1.82) is 0 Å². The standard InChI is InChI=1S/C28H29F2NO4/c1-5-28(2,3)20-8-12-22(13-9-20)34-23-14-10-21(11-15-23)31-26(32)17-7-19-6-16-24(35-27(29)30)25(18-19)33-4/h6-18,27H,5H2,1-4H3,(H,31,32). The van der Waals surface area contributed by atoms with Crippen molar-refractivity contribution in [3.63, 3.8) is 0 Å². The van der Waals surface area contributed by atoms with Crippen molar-refractivity contribution in [3.05, 3.63) is 83.9 Å². The SMILES string of the molecule is CCC(C)(C)c1ccc(Oc2ccc(NC(=O)C=Cc3ccc(OC(F)F)c(OC)c3)cc2)cc1. The zero-order valence-corrected chi connectivity index (χ0v) is 20.2. The lowest BCUT2D eigenvalue weighted by Gasteiger charge is -2.23. The van der Waals surface area contributed by atoms with Crippen LogP contribution in [-0.2, 0) is 10.2 Å². The van der Waals surface area contributed by atoms with Crippen LogP contribution in [0, 0.1) is 0 Å². The Balaban J connectivity index is 1.57. The Morgan fingerprint density at radius 1 is 0.971 bits per heavy atom. The molecule has 184 valence electrons. The van der Waals surface area contributed by atoms with E-state index in [-0.39, 0.29) is 22.8 Å². The van der Waals surface area contributed by atoms with Gasteiger partial charge in [-0.15, -0.1) is 0 Å². The number of halogens is 2. The summed E-state index contributed by atoms with van der Waals surface area (Å²) in [7, 11) is 1.35. The Morgan fingerprint density at radius 2 is 1.60 bits per heavy atom. The normalized spacial score (nSPS) is 11.5. The number of methoxy groups -OCH3 is 1. The highest BCUT2D eigenvalue weighted by atomic mass is 19.3. The first kappa shape index (κ1) is 25.7. The Kier molecular flexibility index (Phi) is 8.47. The Bertz CT molecular complexity index is 1160. The van der Waals surface area contributed by atoms with Gasteiger partial charge in [-0.1, -0.05) is 39.0 Å². The highest BCUT2D eigenvalue weighted by molar-refractivity contribution is 6.02. The number of anilines is 1. The number of amides is 1. The van der Waals surface area contributed by atoms with Crippen molar-refractivity contribution in [2.24, 2.45) is 0 Å². The molecule has 3 aromatic rings. The number of hydrogen-bond donors (Lipinski definition) is 1. The van der Waals surface area contributed by atoms with Gasteiger partial charge < -0.3 is 19.5 Å². The van der Waals surface area contributed by atoms with Crippen LogP contribution in [0.25, 0.3) is 6.08 Å². The summed E-state index contributed by atoms with van der Waals surface area (Å²) in [6.45, 7) is 3.64. The summed E-state index contributed by atoms with van der Waals surface area (Å²) in [6, 6.07) is 19.5. The molecule has 0 spiro atoms. The van der Waals surface area contributed by atoms with E-state index < -0.39 is 6.61 Å². The molecule has 7 heteroatoms. The molecule has 0 aromatic heterocycles. The molecule has 3 rings (SSSR count). The molecule has 1 amide bonds. The van der Waals surface area contributed by atoms with Crippen molar-refractivity contribution >= 4 is 17.7 Å². The van der Waals surface area contributed by atoms with Crippen LogP contribution in [0.4, 0.5) is 14.5 Å². The number of benzene rings is 3. The van der Waals surface area contributed by atoms with Crippen LogP contribution in [0.1, 0.15) is 38.3 Å². The lowest BCUT2D eigenvalue weighted by atomic mass is 9.82. The average molecular weight is 482 g/mol. The summed E-state index contributed by atoms with van der Waals surface area (Å²) in [5.74, 6) is 1.11. The van der Waals surface area contributed by atoms with Crippen LogP contribution < -0.4 is 19.5 Å². The van der Waals surface area contributed by atoms with E-state index in [2.05, 4.69) is 43.0 Å². The maximum atomic E-state index is 12.4. The van der Waals surface area contributed by atoms with Gasteiger partial charge >= 0.3 is 6.61 Å². The topological polar surface area (TPSA) is 56.8 Å². The highest BCUT2D eigenvalue weighted by Gasteiger charge is 2.17. The molecule has 1 N–H and O–H groups in total. The lowest BCUT2D eigenvalue weighted by Crippen LogP contribution is -2.14. The smallest absolute Gasteiger partial charge is 0.387 e. The fourth-order valence-corrected chi connectivity index (χ4v) is 3.26. The van der Waals surface area contributed by atoms with Gasteiger partial charge in [-0.25, -0.2) is 0 Å². The molecular formula is C28H29F2NO4. The van der Waals surface area contributed by atoms with E-state index in [4.69, 9.17) is 9.47 Å². The van der Waals surface area contributed by atoms with E-state index in [9.17, 15) is 13.6 Å². The maximum absolute atomic E-state index is 12.4. The minimum Gasteiger partial charge on any atom is -0.493 e. The second kappa shape index (κ2) is 11.5. The van der Waals surface area contributed by atoms with Crippen LogP contribution >= 0.6 is 0 Å². The monoisotopic (exact) mass is 481 g/mol. The fourth-order valence-electron chi connectivity index (χ4n) is 3.26. The number of ether oxygens (including phenoxy) is 3. The van der Waals surface area contributed by atoms with Crippen molar-refractivity contribution in [2.45, 2.75) is 39.2 Å². The molecule has 0 saturated carbocycles. The summed E-state index contributed by atoms with van der Waals surface area (Å²) in [4.78, 5) is 12.3. The summed E-state index contributed by atoms with van der Waals surface area (Å²) in [5, 5.41) is 2.76. The highest BCUT2D eigenvalue weighted by Crippen LogP contribution is 2.31. The molecule has 3 aromatic carbocycles. The number of alkyl halides is 2. The van der Waals surface area contributed by atoms with Gasteiger partial charge in [0.2, 0.25) is 5.91 Å². The van der Waals surface area contributed by atoms with Crippen molar-refractivity contribution < 1.29 is 27.8 Å². The van der Waals surface area contributed by atoms with Crippen LogP contribution in [0.3, 0.4) is 0 Å². The largest absolute Gasteiger partial charge is 0.493 e. The van der Waals surface area contributed by atoms with Crippen LogP contribution in [0.15, 0.2) is 72.8 Å². The van der Waals surface area contributed by atoms with Gasteiger partial charge in [0, 0.05) is 11.8 Å². The molecular weight excluding hydrogens is 452 g/mol. The molecule has 0 bridgehead atoms. The molecule has 0 unspecified atom stereocenters. The first-order valence-corrected chi connectivity index (χ1v) is 11.2. The number of nitrogens with one attached hydrogen (secondary N) is 1. The molecule has 0 fully saturated rings. The summed E-state index contributed by atoms with van der Waals surface area (Å²) >= 11 is 0. The second-order valence-corrected chi connectivity index (χ2v) is 8.50. The first-order chi connectivity index (χ1) is 16.7. The van der Waals surface area contributed by atoms with Gasteiger partial charge in [-0.2, -0.15) is 8.78 Å². The van der Waals surface area contributed by atoms with Gasteiger partial charge in [-0.05, 0) is 77.6 Å². The molecule has 5 nitrogen and oxygen atoms in total. The van der Waals surface area contributed by atoms with Gasteiger partial charge in [0.15, 0.2) is 11.5 Å². The summed E-state index contributed by atoms with van der Waals surface area (Å²) < 4.78 is 40.3. The molecule has 0 radical (unpaired) electrons. The zero-order valence-electron chi connectivity index (χ0n) is 20.2. The van der Waals surface area contributed by atoms with Gasteiger partial charge in [0.1, 0.15) is 11.5 Å². The Hall–Kier alpha value is -3.87. The third kappa shape index (κ3) is 7.30. The quantitative estimate of drug-likeness (QED) is 0.306. The molecule has 0 saturated heterocycles. The van der Waals surface area contributed by atoms with Crippen LogP contribution in [0.5, 0.6) is 23.0 Å². The number of hydrogen-bond acceptors (Lipinski definition) is 4. The third-order valence-electron chi connectivity index (χ3n) is 5.71. The van der Waals surface area contributed by atoms with E-state index in [1.807, 2.05) is 12.1 Å². The average Bonchev–Trinajstić information content (AvgIpc) is 2.84. The van der Waals surface area contributed by atoms with E-state index >= 15 is 0 Å². The first-order valence-electron chi connectivity index (χ1n) is 11.2. The lowest BCUT2D eigenvalue weighted by molar-refractivity contribution is -0.111. The van der Waals surface area contributed by atoms with E-state index in [0.29, 0.717) is 17.0 Å². The van der Waals surface area contributed by atoms with E-state index in [1.54, 1.807) is 36.4 Å². The molecule has 0 aliphatic rings. The van der Waals surface area contributed by atoms with Crippen LogP contribution in [-0.4, -0.2) is 19.6 Å². The number of rotatable bonds is 10. The molecule has 0 aliphatic carbocycles. The predicted molar refractivity (Wildman–Crippen MR) is 134 cm³/mol. The Morgan fingerprint density at radius 3 is 2.17 bits per heavy atom. The molecule has 35 heavy (non-hydrogen) atoms. The number of carbonyl (C=O) groups is 1. The third-order valence-corrected chi connectivity index (χ3v) is 5.71. The van der Waals surface area contributed by atoms with E-state index in [0.717, 1.165) is 12.2 Å². The predicted octanol–water partition coefficient (Wildman–Crippen LogP) is 7.43. The second-order valence-electron chi connectivity index (χ2n) is 8.50. The van der Waals surface area contributed by atoms with Gasteiger partial charge in [0.05, 0.1) is 7.11 Å². The van der Waals surface area contributed by atoms with Crippen molar-refractivity contribution in [1.82, 2.24) is 0 Å². The van der Waals surface area contributed by atoms with Crippen LogP contribution in [0.2, 0.25) is 0 Å². The summed E-state index contributed by atoms with van der Waals surface area (Å²) in [6.07, 6.45) is 3.93. The van der Waals surface area contributed by atoms with Crippen molar-refractivity contribution in [3.8, 4) is 23.0 Å². The molecule has 0 aliphatic heterocycles. The molecule has 0 heterocycles. The fraction of sp³-hybridized carbons (Fsp3) is 0.250. The van der Waals surface area contributed by atoms with Crippen molar-refractivity contribution in [2.75, 3.05) is 12.4 Å². The minimum atomic E-state index is -2.95. The van der Waals surface area contributed by atoms with Gasteiger partial charge in [-0.3, -0.25) is 4.79 Å². The minimum absolute atomic E-state index is 0.0767. The number of carbonyl (C=O) groups excluding carboxylic acids is 1. The van der Waals surface area contributed by atoms with E-state index in [1.165, 1.54) is 30.9 Å². The van der Waals surface area contributed by atoms with Gasteiger partial charge in [0.25, 0.3) is 0 Å². The summed E-state index contributed by atoms with van der Waals surface area (Å²) in [5.41, 5.74) is 2.57. The zero-order chi connectivity index (χ0) is 25.4. The Labute approximate surface area is 204 Å². The molecule has 0 atom stereocenters.